The van der Waals surface area contributed by atoms with Crippen LogP contribution in [0.1, 0.15) is 29.0 Å². The maximum Gasteiger partial charge on any atom is 0.273 e. The normalized spacial score (nSPS) is 11.8. The largest absolute Gasteiger partial charge is 0.497 e. The van der Waals surface area contributed by atoms with E-state index in [0.717, 1.165) is 11.3 Å². The Bertz CT molecular complexity index is 857. The minimum Gasteiger partial charge on any atom is -0.497 e. The molecular formula is C19H17FN2O3. The second-order valence-electron chi connectivity index (χ2n) is 5.55. The molecule has 0 aliphatic carbocycles. The van der Waals surface area contributed by atoms with Crippen LogP contribution in [-0.2, 0) is 0 Å². The Labute approximate surface area is 144 Å². The molecule has 0 aliphatic rings. The number of carbonyl (C=O) groups excluding carboxylic acids is 1. The van der Waals surface area contributed by atoms with Crippen molar-refractivity contribution in [3.63, 3.8) is 0 Å². The van der Waals surface area contributed by atoms with Crippen molar-refractivity contribution in [2.75, 3.05) is 7.11 Å². The van der Waals surface area contributed by atoms with Crippen LogP contribution in [0.2, 0.25) is 0 Å². The van der Waals surface area contributed by atoms with Gasteiger partial charge < -0.3 is 14.6 Å². The molecule has 1 N–H and O–H groups in total. The number of hydrogen-bond donors (Lipinski definition) is 1. The molecule has 6 heteroatoms. The maximum absolute atomic E-state index is 13.0. The van der Waals surface area contributed by atoms with Gasteiger partial charge >= 0.3 is 0 Å². The van der Waals surface area contributed by atoms with E-state index >= 15 is 0 Å². The number of rotatable bonds is 5. The molecule has 1 atom stereocenters. The topological polar surface area (TPSA) is 64.4 Å². The molecule has 5 nitrogen and oxygen atoms in total. The van der Waals surface area contributed by atoms with Gasteiger partial charge in [0.1, 0.15) is 11.6 Å². The number of nitrogens with zero attached hydrogens (tertiary/aromatic N) is 1. The molecule has 0 bridgehead atoms. The van der Waals surface area contributed by atoms with Crippen LogP contribution in [0.5, 0.6) is 5.75 Å². The standard InChI is InChI=1S/C19H17FN2O3/c1-12(13-5-9-16(24-2)10-6-13)21-19(23)17-11-18(25-22-17)14-3-7-15(20)8-4-14/h3-12H,1-2H3,(H,21,23)/t12-/m1/s1. The average molecular weight is 340 g/mol. The van der Waals surface area contributed by atoms with Crippen LogP contribution in [0.25, 0.3) is 11.3 Å². The van der Waals surface area contributed by atoms with Gasteiger partial charge in [-0.05, 0) is 48.9 Å². The van der Waals surface area contributed by atoms with Crippen molar-refractivity contribution < 1.29 is 18.4 Å². The fraction of sp³-hybridized carbons (Fsp3) is 0.158. The van der Waals surface area contributed by atoms with E-state index in [-0.39, 0.29) is 23.5 Å². The molecule has 1 aromatic heterocycles. The Morgan fingerprint density at radius 2 is 1.84 bits per heavy atom. The molecule has 2 aromatic carbocycles. The van der Waals surface area contributed by atoms with E-state index in [4.69, 9.17) is 9.26 Å². The van der Waals surface area contributed by atoms with Crippen molar-refractivity contribution in [3.8, 4) is 17.1 Å². The molecule has 0 spiro atoms. The van der Waals surface area contributed by atoms with E-state index in [1.54, 1.807) is 19.2 Å². The zero-order valence-corrected chi connectivity index (χ0v) is 13.8. The highest BCUT2D eigenvalue weighted by atomic mass is 19.1. The van der Waals surface area contributed by atoms with E-state index in [9.17, 15) is 9.18 Å². The number of aromatic nitrogens is 1. The first-order valence-corrected chi connectivity index (χ1v) is 7.74. The first-order valence-electron chi connectivity index (χ1n) is 7.74. The number of nitrogens with one attached hydrogen (secondary N) is 1. The van der Waals surface area contributed by atoms with Crippen molar-refractivity contribution >= 4 is 5.91 Å². The zero-order valence-electron chi connectivity index (χ0n) is 13.8. The summed E-state index contributed by atoms with van der Waals surface area (Å²) in [7, 11) is 1.60. The summed E-state index contributed by atoms with van der Waals surface area (Å²) < 4.78 is 23.3. The van der Waals surface area contributed by atoms with Crippen LogP contribution in [0.15, 0.2) is 59.1 Å². The third-order valence-electron chi connectivity index (χ3n) is 3.83. The summed E-state index contributed by atoms with van der Waals surface area (Å²) in [6.07, 6.45) is 0. The van der Waals surface area contributed by atoms with Gasteiger partial charge in [0.05, 0.1) is 13.2 Å². The lowest BCUT2D eigenvalue weighted by Gasteiger charge is -2.13. The minimum absolute atomic E-state index is 0.166. The van der Waals surface area contributed by atoms with Crippen LogP contribution in [0, 0.1) is 5.82 Å². The smallest absolute Gasteiger partial charge is 0.273 e. The molecule has 128 valence electrons. The van der Waals surface area contributed by atoms with Crippen LogP contribution >= 0.6 is 0 Å². The monoisotopic (exact) mass is 340 g/mol. The average Bonchev–Trinajstić information content (AvgIpc) is 3.12. The molecule has 25 heavy (non-hydrogen) atoms. The van der Waals surface area contributed by atoms with Crippen LogP contribution < -0.4 is 10.1 Å². The van der Waals surface area contributed by atoms with E-state index in [1.807, 2.05) is 31.2 Å². The summed E-state index contributed by atoms with van der Waals surface area (Å²) in [5, 5.41) is 6.65. The third kappa shape index (κ3) is 3.85. The SMILES string of the molecule is COc1ccc([C@@H](C)NC(=O)c2cc(-c3ccc(F)cc3)on2)cc1. The van der Waals surface area contributed by atoms with Gasteiger partial charge in [0, 0.05) is 11.6 Å². The van der Waals surface area contributed by atoms with Crippen LogP contribution in [-0.4, -0.2) is 18.2 Å². The number of amides is 1. The van der Waals surface area contributed by atoms with Gasteiger partial charge in [-0.25, -0.2) is 4.39 Å². The van der Waals surface area contributed by atoms with Crippen LogP contribution in [0.4, 0.5) is 4.39 Å². The number of halogens is 1. The molecule has 0 saturated carbocycles. The summed E-state index contributed by atoms with van der Waals surface area (Å²) in [4.78, 5) is 12.3. The van der Waals surface area contributed by atoms with Gasteiger partial charge in [0.2, 0.25) is 0 Å². The lowest BCUT2D eigenvalue weighted by Crippen LogP contribution is -2.26. The van der Waals surface area contributed by atoms with Crippen molar-refractivity contribution in [1.82, 2.24) is 10.5 Å². The quantitative estimate of drug-likeness (QED) is 0.763. The summed E-state index contributed by atoms with van der Waals surface area (Å²) >= 11 is 0. The van der Waals surface area contributed by atoms with E-state index < -0.39 is 0 Å². The minimum atomic E-state index is -0.347. The van der Waals surface area contributed by atoms with Crippen molar-refractivity contribution in [2.45, 2.75) is 13.0 Å². The van der Waals surface area contributed by atoms with Crippen LogP contribution in [0.3, 0.4) is 0 Å². The highest BCUT2D eigenvalue weighted by molar-refractivity contribution is 5.93. The molecule has 3 aromatic rings. The summed E-state index contributed by atoms with van der Waals surface area (Å²) in [6.45, 7) is 1.88. The molecule has 0 radical (unpaired) electrons. The number of carbonyl (C=O) groups is 1. The summed E-state index contributed by atoms with van der Waals surface area (Å²) in [6, 6.07) is 14.5. The Hall–Kier alpha value is -3.15. The van der Waals surface area contributed by atoms with E-state index in [0.29, 0.717) is 11.3 Å². The molecule has 0 fully saturated rings. The first-order chi connectivity index (χ1) is 12.1. The van der Waals surface area contributed by atoms with E-state index in [1.165, 1.54) is 18.2 Å². The number of benzene rings is 2. The van der Waals surface area contributed by atoms with Gasteiger partial charge in [0.25, 0.3) is 5.91 Å². The predicted octanol–water partition coefficient (Wildman–Crippen LogP) is 3.98. The highest BCUT2D eigenvalue weighted by Crippen LogP contribution is 2.21. The lowest BCUT2D eigenvalue weighted by molar-refractivity contribution is 0.0931. The molecule has 1 amide bonds. The van der Waals surface area contributed by atoms with E-state index in [2.05, 4.69) is 10.5 Å². The van der Waals surface area contributed by atoms with Gasteiger partial charge in [-0.3, -0.25) is 4.79 Å². The third-order valence-corrected chi connectivity index (χ3v) is 3.83. The Balaban J connectivity index is 1.69. The number of hydrogen-bond acceptors (Lipinski definition) is 4. The maximum atomic E-state index is 13.0. The second kappa shape index (κ2) is 7.17. The number of methoxy groups -OCH3 is 1. The molecule has 0 aliphatic heterocycles. The Morgan fingerprint density at radius 3 is 2.48 bits per heavy atom. The Kier molecular flexibility index (Phi) is 4.79. The Morgan fingerprint density at radius 1 is 1.16 bits per heavy atom. The number of ether oxygens (including phenoxy) is 1. The van der Waals surface area contributed by atoms with Gasteiger partial charge in [0.15, 0.2) is 11.5 Å². The first kappa shape index (κ1) is 16.7. The fourth-order valence-electron chi connectivity index (χ4n) is 2.38. The fourth-order valence-corrected chi connectivity index (χ4v) is 2.38. The molecule has 0 saturated heterocycles. The summed E-state index contributed by atoms with van der Waals surface area (Å²) in [5.41, 5.74) is 1.76. The predicted molar refractivity (Wildman–Crippen MR) is 90.8 cm³/mol. The van der Waals surface area contributed by atoms with Gasteiger partial charge in [-0.1, -0.05) is 17.3 Å². The molecule has 1 heterocycles. The van der Waals surface area contributed by atoms with Gasteiger partial charge in [-0.15, -0.1) is 0 Å². The lowest BCUT2D eigenvalue weighted by atomic mass is 10.1. The second-order valence-corrected chi connectivity index (χ2v) is 5.55. The van der Waals surface area contributed by atoms with Crippen molar-refractivity contribution in [1.29, 1.82) is 0 Å². The zero-order chi connectivity index (χ0) is 17.8. The van der Waals surface area contributed by atoms with Crippen molar-refractivity contribution in [3.05, 3.63) is 71.7 Å². The van der Waals surface area contributed by atoms with Crippen molar-refractivity contribution in [2.24, 2.45) is 0 Å². The highest BCUT2D eigenvalue weighted by Gasteiger charge is 2.16. The molecule has 0 unspecified atom stereocenters. The summed E-state index contributed by atoms with van der Waals surface area (Å²) in [5.74, 6) is 0.472. The van der Waals surface area contributed by atoms with Gasteiger partial charge in [-0.2, -0.15) is 0 Å². The molecular weight excluding hydrogens is 323 g/mol. The molecule has 3 rings (SSSR count).